The average Bonchev–Trinajstić information content (AvgIpc) is 2.63. The van der Waals surface area contributed by atoms with E-state index in [0.29, 0.717) is 18.4 Å². The molecule has 1 fully saturated rings. The summed E-state index contributed by atoms with van der Waals surface area (Å²) in [5.41, 5.74) is 0. The van der Waals surface area contributed by atoms with Crippen molar-refractivity contribution in [2.45, 2.75) is 45.8 Å². The predicted octanol–water partition coefficient (Wildman–Crippen LogP) is 2.34. The molecule has 0 aromatic heterocycles. The van der Waals surface area contributed by atoms with E-state index in [2.05, 4.69) is 42.0 Å². The Morgan fingerprint density at radius 3 is 2.69 bits per heavy atom. The molecule has 16 heavy (non-hydrogen) atoms. The zero-order chi connectivity index (χ0) is 12.1. The molecule has 1 heterocycles. The number of hydrogen-bond donors (Lipinski definition) is 1. The lowest BCUT2D eigenvalue weighted by Gasteiger charge is -2.24. The molecule has 0 aliphatic carbocycles. The molecule has 1 N–H and O–H groups in total. The number of ether oxygens (including phenoxy) is 1. The molecular weight excluding hydrogens is 270 g/mol. The van der Waals surface area contributed by atoms with Gasteiger partial charge in [-0.25, -0.2) is 0 Å². The van der Waals surface area contributed by atoms with E-state index < -0.39 is 0 Å². The minimum atomic E-state index is -0.239. The van der Waals surface area contributed by atoms with Gasteiger partial charge in [0.25, 0.3) is 0 Å². The number of amides is 1. The summed E-state index contributed by atoms with van der Waals surface area (Å²) in [6.45, 7) is 7.05. The van der Waals surface area contributed by atoms with Gasteiger partial charge in [0, 0.05) is 18.0 Å². The molecule has 3 nitrogen and oxygen atoms in total. The van der Waals surface area contributed by atoms with Gasteiger partial charge in [-0.15, -0.1) is 0 Å². The van der Waals surface area contributed by atoms with Crippen molar-refractivity contribution in [2.75, 3.05) is 11.9 Å². The van der Waals surface area contributed by atoms with E-state index in [9.17, 15) is 4.79 Å². The molecule has 0 bridgehead atoms. The average molecular weight is 292 g/mol. The molecule has 0 aromatic carbocycles. The number of carbonyl (C=O) groups is 1. The summed E-state index contributed by atoms with van der Waals surface area (Å²) in [4.78, 5) is 12.0. The minimum absolute atomic E-state index is 0.0599. The second kappa shape index (κ2) is 6.60. The van der Waals surface area contributed by atoms with Crippen LogP contribution in [0.4, 0.5) is 0 Å². The Morgan fingerprint density at radius 1 is 1.56 bits per heavy atom. The first-order valence-corrected chi connectivity index (χ1v) is 7.16. The van der Waals surface area contributed by atoms with Crippen LogP contribution in [0, 0.1) is 11.8 Å². The summed E-state index contributed by atoms with van der Waals surface area (Å²) in [6.07, 6.45) is 1.71. The summed E-state index contributed by atoms with van der Waals surface area (Å²) >= 11 is 3.42. The Kier molecular flexibility index (Phi) is 5.76. The third-order valence-electron chi connectivity index (χ3n) is 3.20. The zero-order valence-electron chi connectivity index (χ0n) is 10.3. The van der Waals surface area contributed by atoms with Crippen LogP contribution in [0.2, 0.25) is 0 Å². The van der Waals surface area contributed by atoms with Crippen LogP contribution in [0.1, 0.15) is 33.6 Å². The van der Waals surface area contributed by atoms with Gasteiger partial charge in [-0.2, -0.15) is 0 Å². The SMILES string of the molecule is CC(C)C(CCBr)NC(=O)C1OCCC1C. The largest absolute Gasteiger partial charge is 0.368 e. The number of carbonyl (C=O) groups excluding carboxylic acids is 1. The van der Waals surface area contributed by atoms with Crippen LogP contribution in [0.5, 0.6) is 0 Å². The number of halogens is 1. The summed E-state index contributed by atoms with van der Waals surface area (Å²) in [5.74, 6) is 0.861. The highest BCUT2D eigenvalue weighted by Gasteiger charge is 2.32. The van der Waals surface area contributed by atoms with Crippen LogP contribution in [0.15, 0.2) is 0 Å². The molecule has 1 aliphatic rings. The molecule has 1 amide bonds. The van der Waals surface area contributed by atoms with Crippen molar-refractivity contribution < 1.29 is 9.53 Å². The third kappa shape index (κ3) is 3.74. The highest BCUT2D eigenvalue weighted by molar-refractivity contribution is 9.09. The molecule has 4 heteroatoms. The predicted molar refractivity (Wildman–Crippen MR) is 68.7 cm³/mol. The van der Waals surface area contributed by atoms with Gasteiger partial charge < -0.3 is 10.1 Å². The monoisotopic (exact) mass is 291 g/mol. The molecule has 0 spiro atoms. The van der Waals surface area contributed by atoms with Crippen molar-refractivity contribution in [2.24, 2.45) is 11.8 Å². The highest BCUT2D eigenvalue weighted by atomic mass is 79.9. The van der Waals surface area contributed by atoms with Crippen molar-refractivity contribution in [1.29, 1.82) is 0 Å². The van der Waals surface area contributed by atoms with Crippen molar-refractivity contribution in [3.8, 4) is 0 Å². The first kappa shape index (κ1) is 14.0. The zero-order valence-corrected chi connectivity index (χ0v) is 11.9. The molecule has 1 aliphatic heterocycles. The van der Waals surface area contributed by atoms with Gasteiger partial charge in [0.05, 0.1) is 0 Å². The molecule has 1 rings (SSSR count). The van der Waals surface area contributed by atoms with E-state index in [4.69, 9.17) is 4.74 Å². The van der Waals surface area contributed by atoms with E-state index in [1.807, 2.05) is 0 Å². The summed E-state index contributed by atoms with van der Waals surface area (Å²) in [5, 5.41) is 4.01. The maximum absolute atomic E-state index is 12.0. The van der Waals surface area contributed by atoms with Gasteiger partial charge in [0.2, 0.25) is 5.91 Å². The van der Waals surface area contributed by atoms with Crippen LogP contribution in [0.3, 0.4) is 0 Å². The lowest BCUT2D eigenvalue weighted by atomic mass is 9.99. The van der Waals surface area contributed by atoms with E-state index in [0.717, 1.165) is 18.2 Å². The fraction of sp³-hybridized carbons (Fsp3) is 0.917. The molecule has 3 atom stereocenters. The number of alkyl halides is 1. The van der Waals surface area contributed by atoms with Gasteiger partial charge in [-0.05, 0) is 24.7 Å². The third-order valence-corrected chi connectivity index (χ3v) is 3.66. The first-order valence-electron chi connectivity index (χ1n) is 6.04. The van der Waals surface area contributed by atoms with Crippen LogP contribution < -0.4 is 5.32 Å². The Labute approximate surface area is 106 Å². The Bertz CT molecular complexity index is 233. The standard InChI is InChI=1S/C12H22BrNO2/c1-8(2)10(4-6-13)14-12(15)11-9(3)5-7-16-11/h8-11H,4-7H2,1-3H3,(H,14,15). The van der Waals surface area contributed by atoms with Gasteiger partial charge in [0.15, 0.2) is 0 Å². The Hall–Kier alpha value is -0.0900. The van der Waals surface area contributed by atoms with Crippen molar-refractivity contribution in [1.82, 2.24) is 5.32 Å². The maximum Gasteiger partial charge on any atom is 0.249 e. The van der Waals surface area contributed by atoms with Crippen LogP contribution in [-0.2, 0) is 9.53 Å². The summed E-state index contributed by atoms with van der Waals surface area (Å²) < 4.78 is 5.46. The first-order chi connectivity index (χ1) is 7.56. The molecule has 0 aromatic rings. The quantitative estimate of drug-likeness (QED) is 0.790. The molecular formula is C12H22BrNO2. The summed E-state index contributed by atoms with van der Waals surface area (Å²) in [7, 11) is 0. The molecule has 0 saturated carbocycles. The lowest BCUT2D eigenvalue weighted by Crippen LogP contribution is -2.45. The second-order valence-electron chi connectivity index (χ2n) is 4.89. The molecule has 0 radical (unpaired) electrons. The highest BCUT2D eigenvalue weighted by Crippen LogP contribution is 2.20. The van der Waals surface area contributed by atoms with Crippen molar-refractivity contribution >= 4 is 21.8 Å². The van der Waals surface area contributed by atoms with Gasteiger partial charge >= 0.3 is 0 Å². The normalized spacial score (nSPS) is 27.1. The van der Waals surface area contributed by atoms with Crippen LogP contribution >= 0.6 is 15.9 Å². The number of hydrogen-bond acceptors (Lipinski definition) is 2. The van der Waals surface area contributed by atoms with E-state index >= 15 is 0 Å². The lowest BCUT2D eigenvalue weighted by molar-refractivity contribution is -0.132. The molecule has 94 valence electrons. The van der Waals surface area contributed by atoms with Crippen LogP contribution in [0.25, 0.3) is 0 Å². The Balaban J connectivity index is 2.47. The molecule has 1 saturated heterocycles. The Morgan fingerprint density at radius 2 is 2.25 bits per heavy atom. The summed E-state index contributed by atoms with van der Waals surface area (Å²) in [6, 6.07) is 0.239. The second-order valence-corrected chi connectivity index (χ2v) is 5.69. The molecule has 3 unspecified atom stereocenters. The van der Waals surface area contributed by atoms with Gasteiger partial charge in [-0.1, -0.05) is 36.7 Å². The number of rotatable bonds is 5. The number of nitrogens with one attached hydrogen (secondary N) is 1. The van der Waals surface area contributed by atoms with E-state index in [1.54, 1.807) is 0 Å². The van der Waals surface area contributed by atoms with Gasteiger partial charge in [0.1, 0.15) is 6.10 Å². The fourth-order valence-corrected chi connectivity index (χ4v) is 2.48. The van der Waals surface area contributed by atoms with Crippen molar-refractivity contribution in [3.05, 3.63) is 0 Å². The van der Waals surface area contributed by atoms with Gasteiger partial charge in [-0.3, -0.25) is 4.79 Å². The van der Waals surface area contributed by atoms with Crippen LogP contribution in [-0.4, -0.2) is 30.0 Å². The fourth-order valence-electron chi connectivity index (χ4n) is 1.99. The maximum atomic E-state index is 12.0. The van der Waals surface area contributed by atoms with E-state index in [-0.39, 0.29) is 18.1 Å². The topological polar surface area (TPSA) is 38.3 Å². The minimum Gasteiger partial charge on any atom is -0.368 e. The van der Waals surface area contributed by atoms with Crippen molar-refractivity contribution in [3.63, 3.8) is 0 Å². The smallest absolute Gasteiger partial charge is 0.249 e. The van der Waals surface area contributed by atoms with E-state index in [1.165, 1.54) is 0 Å².